The van der Waals surface area contributed by atoms with Gasteiger partial charge in [0, 0.05) is 16.9 Å². The highest BCUT2D eigenvalue weighted by Gasteiger charge is 2.64. The minimum absolute atomic E-state index is 0.0172. The molecule has 10 heteroatoms. The first kappa shape index (κ1) is 25.4. The summed E-state index contributed by atoms with van der Waals surface area (Å²) >= 11 is 0. The van der Waals surface area contributed by atoms with Crippen LogP contribution >= 0.6 is 0 Å². The first-order valence-corrected chi connectivity index (χ1v) is 10.0. The van der Waals surface area contributed by atoms with Crippen LogP contribution in [0.2, 0.25) is 0 Å². The van der Waals surface area contributed by atoms with Gasteiger partial charge in [0.25, 0.3) is 0 Å². The second-order valence-electron chi connectivity index (χ2n) is 8.70. The van der Waals surface area contributed by atoms with Crippen LogP contribution in [0.1, 0.15) is 26.2 Å². The summed E-state index contributed by atoms with van der Waals surface area (Å²) in [4.78, 5) is 24.7. The van der Waals surface area contributed by atoms with Crippen LogP contribution in [0.3, 0.4) is 0 Å². The van der Waals surface area contributed by atoms with Crippen molar-refractivity contribution in [1.82, 2.24) is 0 Å². The van der Waals surface area contributed by atoms with Gasteiger partial charge in [0.15, 0.2) is 0 Å². The highest BCUT2D eigenvalue weighted by molar-refractivity contribution is 5.90. The smallest absolute Gasteiger partial charge is 0.336 e. The van der Waals surface area contributed by atoms with Crippen LogP contribution in [0.5, 0.6) is 0 Å². The number of methoxy groups -OCH3 is 1. The fraction of sp³-hybridized carbons (Fsp3) is 0.714. The molecule has 8 atom stereocenters. The number of ether oxygens (including phenoxy) is 2. The maximum absolute atomic E-state index is 12.5. The monoisotopic (exact) mass is 444 g/mol. The Morgan fingerprint density at radius 3 is 2.32 bits per heavy atom. The summed E-state index contributed by atoms with van der Waals surface area (Å²) in [7, 11) is 1.11. The lowest BCUT2D eigenvalue weighted by atomic mass is 9.49. The van der Waals surface area contributed by atoms with Gasteiger partial charge in [-0.2, -0.15) is 0 Å². The third kappa shape index (κ3) is 4.41. The topological polar surface area (TPSA) is 174 Å². The number of carbonyl (C=O) groups excluding carboxylic acids is 2. The van der Waals surface area contributed by atoms with E-state index in [1.807, 2.05) is 0 Å². The molecule has 0 heterocycles. The van der Waals surface area contributed by atoms with Gasteiger partial charge < -0.3 is 40.1 Å². The average Bonchev–Trinajstić information content (AvgIpc) is 2.74. The third-order valence-corrected chi connectivity index (χ3v) is 6.87. The number of hydrogen-bond acceptors (Lipinski definition) is 10. The molecule has 2 fully saturated rings. The molecule has 0 radical (unpaired) electrons. The minimum Gasteiger partial charge on any atom is -0.466 e. The lowest BCUT2D eigenvalue weighted by Gasteiger charge is -2.60. The quantitative estimate of drug-likeness (QED) is 0.199. The lowest BCUT2D eigenvalue weighted by molar-refractivity contribution is -0.249. The fourth-order valence-electron chi connectivity index (χ4n) is 5.10. The van der Waals surface area contributed by atoms with E-state index in [9.17, 15) is 35.1 Å². The zero-order valence-electron chi connectivity index (χ0n) is 17.7. The summed E-state index contributed by atoms with van der Waals surface area (Å²) in [5, 5.41) is 61.6. The summed E-state index contributed by atoms with van der Waals surface area (Å²) in [5.41, 5.74) is -3.58. The van der Waals surface area contributed by atoms with Gasteiger partial charge in [0.05, 0.1) is 49.6 Å². The van der Waals surface area contributed by atoms with E-state index in [1.165, 1.54) is 0 Å². The molecule has 6 N–H and O–H groups in total. The van der Waals surface area contributed by atoms with Crippen molar-refractivity contribution >= 4 is 11.9 Å². The number of esters is 2. The molecule has 0 aliphatic heterocycles. The zero-order chi connectivity index (χ0) is 23.7. The fourth-order valence-corrected chi connectivity index (χ4v) is 5.10. The molecule has 0 bridgehead atoms. The van der Waals surface area contributed by atoms with Crippen molar-refractivity contribution in [2.24, 2.45) is 17.3 Å². The van der Waals surface area contributed by atoms with Crippen molar-refractivity contribution in [3.8, 4) is 0 Å². The molecule has 0 aromatic heterocycles. The molecular formula is C21H32O10. The highest BCUT2D eigenvalue weighted by atomic mass is 16.5. The van der Waals surface area contributed by atoms with Gasteiger partial charge in [-0.1, -0.05) is 20.1 Å². The Kier molecular flexibility index (Phi) is 7.68. The van der Waals surface area contributed by atoms with Crippen molar-refractivity contribution < 1.29 is 49.7 Å². The summed E-state index contributed by atoms with van der Waals surface area (Å²) in [6, 6.07) is 0. The minimum atomic E-state index is -1.74. The average molecular weight is 444 g/mol. The van der Waals surface area contributed by atoms with Gasteiger partial charge in [-0.25, -0.2) is 9.59 Å². The molecule has 176 valence electrons. The van der Waals surface area contributed by atoms with E-state index in [1.54, 1.807) is 6.92 Å². The summed E-state index contributed by atoms with van der Waals surface area (Å²) in [6.45, 7) is 7.21. The Morgan fingerprint density at radius 1 is 1.19 bits per heavy atom. The first-order valence-electron chi connectivity index (χ1n) is 10.0. The standard InChI is InChI=1S/C21H32O10/c1-10(12(24)8-22)19(28)31-13-7-20(3)14(25)5-6-21(29,9-23)17(20)16(26)15(13)11(2)18(27)30-4/h12-17,22-26,29H,1-2,5-9H2,3-4H3/t12-,13-,14-,15+,16-,17-,20-,21+/m1/s1. The normalized spacial score (nSPS) is 38.5. The lowest BCUT2D eigenvalue weighted by Crippen LogP contribution is -2.68. The molecule has 0 saturated heterocycles. The van der Waals surface area contributed by atoms with Crippen LogP contribution in [-0.4, -0.2) is 92.9 Å². The zero-order valence-corrected chi connectivity index (χ0v) is 17.7. The van der Waals surface area contributed by atoms with Gasteiger partial charge in [0.1, 0.15) is 12.2 Å². The first-order chi connectivity index (χ1) is 14.4. The van der Waals surface area contributed by atoms with E-state index in [-0.39, 0.29) is 24.8 Å². The number of hydrogen-bond donors (Lipinski definition) is 6. The highest BCUT2D eigenvalue weighted by Crippen LogP contribution is 2.57. The molecule has 2 aliphatic rings. The largest absolute Gasteiger partial charge is 0.466 e. The Morgan fingerprint density at radius 2 is 1.81 bits per heavy atom. The Hall–Kier alpha value is -1.82. The van der Waals surface area contributed by atoms with Crippen molar-refractivity contribution in [1.29, 1.82) is 0 Å². The number of rotatable bonds is 7. The maximum atomic E-state index is 12.5. The van der Waals surface area contributed by atoms with Crippen molar-refractivity contribution in [3.63, 3.8) is 0 Å². The van der Waals surface area contributed by atoms with E-state index in [0.717, 1.165) is 7.11 Å². The maximum Gasteiger partial charge on any atom is 0.336 e. The second-order valence-corrected chi connectivity index (χ2v) is 8.70. The molecule has 0 amide bonds. The molecule has 2 aliphatic carbocycles. The molecule has 0 unspecified atom stereocenters. The summed E-state index contributed by atoms with van der Waals surface area (Å²) in [5.74, 6) is -4.23. The van der Waals surface area contributed by atoms with Crippen LogP contribution in [-0.2, 0) is 19.1 Å². The third-order valence-electron chi connectivity index (χ3n) is 6.87. The number of fused-ring (bicyclic) bond motifs is 1. The van der Waals surface area contributed by atoms with Gasteiger partial charge in [-0.15, -0.1) is 0 Å². The van der Waals surface area contributed by atoms with E-state index >= 15 is 0 Å². The van der Waals surface area contributed by atoms with E-state index in [4.69, 9.17) is 9.84 Å². The molecule has 0 aromatic rings. The van der Waals surface area contributed by atoms with Crippen molar-refractivity contribution in [2.45, 2.75) is 56.2 Å². The number of aliphatic hydroxyl groups excluding tert-OH is 5. The number of carbonyl (C=O) groups is 2. The predicted octanol–water partition coefficient (Wildman–Crippen LogP) is -1.58. The predicted molar refractivity (Wildman–Crippen MR) is 106 cm³/mol. The van der Waals surface area contributed by atoms with Crippen LogP contribution < -0.4 is 0 Å². The SMILES string of the molecule is C=C(C(=O)OC)[C@@H]1[C@@H](O)[C@H]2[C@@](O)(CO)CC[C@@H](O)[C@@]2(C)C[C@H]1OC(=O)C(=C)[C@H](O)CO. The second kappa shape index (κ2) is 9.35. The summed E-state index contributed by atoms with van der Waals surface area (Å²) in [6.07, 6.45) is -5.24. The van der Waals surface area contributed by atoms with Gasteiger partial charge in [0.2, 0.25) is 0 Å². The van der Waals surface area contributed by atoms with Crippen LogP contribution in [0.4, 0.5) is 0 Å². The van der Waals surface area contributed by atoms with Crippen molar-refractivity contribution in [2.75, 3.05) is 20.3 Å². The summed E-state index contributed by atoms with van der Waals surface area (Å²) < 4.78 is 10.1. The van der Waals surface area contributed by atoms with Gasteiger partial charge in [-0.05, 0) is 19.3 Å². The van der Waals surface area contributed by atoms with Crippen LogP contribution in [0.25, 0.3) is 0 Å². The molecule has 0 spiro atoms. The molecule has 2 rings (SSSR count). The van der Waals surface area contributed by atoms with E-state index < -0.39 is 78.0 Å². The van der Waals surface area contributed by atoms with Gasteiger partial charge >= 0.3 is 11.9 Å². The molecule has 31 heavy (non-hydrogen) atoms. The Balaban J connectivity index is 2.50. The van der Waals surface area contributed by atoms with Gasteiger partial charge in [-0.3, -0.25) is 0 Å². The Labute approximate surface area is 180 Å². The molecule has 0 aromatic carbocycles. The van der Waals surface area contributed by atoms with Crippen molar-refractivity contribution in [3.05, 3.63) is 24.3 Å². The van der Waals surface area contributed by atoms with Crippen LogP contribution in [0.15, 0.2) is 24.3 Å². The molecule has 10 nitrogen and oxygen atoms in total. The van der Waals surface area contributed by atoms with Crippen LogP contribution in [0, 0.1) is 17.3 Å². The molecule has 2 saturated carbocycles. The Bertz CT molecular complexity index is 736. The van der Waals surface area contributed by atoms with E-state index in [2.05, 4.69) is 17.9 Å². The number of aliphatic hydroxyl groups is 6. The molecular weight excluding hydrogens is 412 g/mol. The van der Waals surface area contributed by atoms with E-state index in [0.29, 0.717) is 0 Å².